The van der Waals surface area contributed by atoms with Gasteiger partial charge in [0.15, 0.2) is 0 Å². The molecule has 0 unspecified atom stereocenters. The van der Waals surface area contributed by atoms with Crippen molar-refractivity contribution in [1.29, 1.82) is 0 Å². The normalized spacial score (nSPS) is 26.9. The predicted octanol–water partition coefficient (Wildman–Crippen LogP) is 0.680. The van der Waals surface area contributed by atoms with E-state index >= 15 is 0 Å². The van der Waals surface area contributed by atoms with Gasteiger partial charge >= 0.3 is 6.03 Å². The van der Waals surface area contributed by atoms with E-state index in [4.69, 9.17) is 9.47 Å². The summed E-state index contributed by atoms with van der Waals surface area (Å²) >= 11 is 0. The van der Waals surface area contributed by atoms with Crippen molar-refractivity contribution in [2.24, 2.45) is 0 Å². The molecule has 2 rings (SSSR count). The van der Waals surface area contributed by atoms with Gasteiger partial charge in [-0.3, -0.25) is 4.79 Å². The highest BCUT2D eigenvalue weighted by atomic mass is 16.5. The summed E-state index contributed by atoms with van der Waals surface area (Å²) in [5.74, 6) is -0.0924. The Balaban J connectivity index is 1.72. The van der Waals surface area contributed by atoms with Crippen molar-refractivity contribution in [2.75, 3.05) is 26.9 Å². The second kappa shape index (κ2) is 11.4. The molecule has 2 aliphatic rings. The van der Waals surface area contributed by atoms with Gasteiger partial charge in [-0.25, -0.2) is 4.79 Å². The van der Waals surface area contributed by atoms with Gasteiger partial charge in [0.1, 0.15) is 6.10 Å². The summed E-state index contributed by atoms with van der Waals surface area (Å²) in [5, 5.41) is 18.3. The van der Waals surface area contributed by atoms with E-state index in [0.717, 1.165) is 25.7 Å². The zero-order valence-corrected chi connectivity index (χ0v) is 15.7. The van der Waals surface area contributed by atoms with Crippen LogP contribution in [0.5, 0.6) is 0 Å². The lowest BCUT2D eigenvalue weighted by atomic mass is 9.95. The number of carbonyl (C=O) groups is 2. The smallest absolute Gasteiger partial charge is 0.315 e. The Hall–Kier alpha value is -1.38. The summed E-state index contributed by atoms with van der Waals surface area (Å²) < 4.78 is 10.7. The number of nitrogens with one attached hydrogen (secondary N) is 3. The van der Waals surface area contributed by atoms with Gasteiger partial charge in [0, 0.05) is 19.7 Å². The number of carbonyl (C=O) groups excluding carboxylic acids is 2. The van der Waals surface area contributed by atoms with E-state index in [0.29, 0.717) is 26.0 Å². The summed E-state index contributed by atoms with van der Waals surface area (Å²) in [6, 6.07) is -0.194. The SMILES string of the molecule is COCCNC(=O)C[C@H]1CC[C@@H](NC(=O)NC2CCCCC2)[C@H](CO)O1. The standard InChI is InChI=1S/C18H33N3O5/c1-25-10-9-19-17(23)11-14-7-8-15(16(12-22)26-14)21-18(24)20-13-5-3-2-4-6-13/h13-16,22H,2-12H2,1H3,(H,19,23)(H2,20,21,24)/t14-,15-,16+/m1/s1. The topological polar surface area (TPSA) is 109 Å². The van der Waals surface area contributed by atoms with Gasteiger partial charge in [-0.1, -0.05) is 19.3 Å². The third kappa shape index (κ3) is 7.09. The molecule has 2 fully saturated rings. The summed E-state index contributed by atoms with van der Waals surface area (Å²) in [6.07, 6.45) is 6.48. The summed E-state index contributed by atoms with van der Waals surface area (Å²) in [5.41, 5.74) is 0. The van der Waals surface area contributed by atoms with Crippen LogP contribution in [-0.4, -0.2) is 68.2 Å². The van der Waals surface area contributed by atoms with Crippen LogP contribution >= 0.6 is 0 Å². The molecule has 8 nitrogen and oxygen atoms in total. The largest absolute Gasteiger partial charge is 0.394 e. The minimum absolute atomic E-state index is 0.0924. The lowest BCUT2D eigenvalue weighted by molar-refractivity contribution is -0.130. The Bertz CT molecular complexity index is 443. The summed E-state index contributed by atoms with van der Waals surface area (Å²) in [7, 11) is 1.58. The molecule has 1 aliphatic heterocycles. The number of rotatable bonds is 8. The Morgan fingerprint density at radius 3 is 2.58 bits per heavy atom. The Labute approximate surface area is 155 Å². The third-order valence-corrected chi connectivity index (χ3v) is 5.09. The molecule has 3 atom stereocenters. The van der Waals surface area contributed by atoms with Gasteiger partial charge in [0.05, 0.1) is 31.8 Å². The molecule has 150 valence electrons. The van der Waals surface area contributed by atoms with Crippen molar-refractivity contribution in [3.05, 3.63) is 0 Å². The Morgan fingerprint density at radius 2 is 1.88 bits per heavy atom. The lowest BCUT2D eigenvalue weighted by Gasteiger charge is -2.36. The van der Waals surface area contributed by atoms with E-state index in [1.807, 2.05) is 0 Å². The van der Waals surface area contributed by atoms with Crippen LogP contribution in [0.3, 0.4) is 0 Å². The number of ether oxygens (including phenoxy) is 2. The summed E-state index contributed by atoms with van der Waals surface area (Å²) in [6.45, 7) is 0.756. The van der Waals surface area contributed by atoms with Gasteiger partial charge in [0.25, 0.3) is 0 Å². The summed E-state index contributed by atoms with van der Waals surface area (Å²) in [4.78, 5) is 24.1. The maximum atomic E-state index is 12.2. The van der Waals surface area contributed by atoms with Gasteiger partial charge in [-0.15, -0.1) is 0 Å². The molecule has 0 aromatic heterocycles. The van der Waals surface area contributed by atoms with Gasteiger partial charge < -0.3 is 30.5 Å². The van der Waals surface area contributed by atoms with Crippen LogP contribution in [-0.2, 0) is 14.3 Å². The van der Waals surface area contributed by atoms with Crippen LogP contribution in [0, 0.1) is 0 Å². The maximum absolute atomic E-state index is 12.2. The molecule has 4 N–H and O–H groups in total. The first kappa shape index (κ1) is 20.9. The van der Waals surface area contributed by atoms with Gasteiger partial charge in [0.2, 0.25) is 5.91 Å². The molecule has 1 aliphatic carbocycles. The minimum atomic E-state index is -0.488. The molecule has 0 bridgehead atoms. The zero-order valence-electron chi connectivity index (χ0n) is 15.7. The Kier molecular flexibility index (Phi) is 9.14. The van der Waals surface area contributed by atoms with Crippen LogP contribution in [0.25, 0.3) is 0 Å². The van der Waals surface area contributed by atoms with Crippen LogP contribution in [0.2, 0.25) is 0 Å². The fraction of sp³-hybridized carbons (Fsp3) is 0.889. The molecule has 1 saturated carbocycles. The number of amides is 3. The maximum Gasteiger partial charge on any atom is 0.315 e. The van der Waals surface area contributed by atoms with Crippen LogP contribution in [0.15, 0.2) is 0 Å². The monoisotopic (exact) mass is 371 g/mol. The van der Waals surface area contributed by atoms with Crippen molar-refractivity contribution >= 4 is 11.9 Å². The van der Waals surface area contributed by atoms with Crippen molar-refractivity contribution in [3.8, 4) is 0 Å². The average molecular weight is 371 g/mol. The second-order valence-electron chi connectivity index (χ2n) is 7.16. The van der Waals surface area contributed by atoms with Crippen molar-refractivity contribution < 1.29 is 24.2 Å². The first-order valence-corrected chi connectivity index (χ1v) is 9.71. The number of hydrogen-bond acceptors (Lipinski definition) is 5. The highest BCUT2D eigenvalue weighted by Gasteiger charge is 2.33. The average Bonchev–Trinajstić information content (AvgIpc) is 2.64. The first-order valence-electron chi connectivity index (χ1n) is 9.71. The van der Waals surface area contributed by atoms with Gasteiger partial charge in [-0.2, -0.15) is 0 Å². The molecule has 0 aromatic rings. The Morgan fingerprint density at radius 1 is 1.12 bits per heavy atom. The van der Waals surface area contributed by atoms with E-state index < -0.39 is 6.10 Å². The van der Waals surface area contributed by atoms with Crippen LogP contribution in [0.4, 0.5) is 4.79 Å². The molecule has 3 amide bonds. The lowest BCUT2D eigenvalue weighted by Crippen LogP contribution is -2.55. The highest BCUT2D eigenvalue weighted by Crippen LogP contribution is 2.22. The van der Waals surface area contributed by atoms with E-state index in [9.17, 15) is 14.7 Å². The van der Waals surface area contributed by atoms with Crippen molar-refractivity contribution in [1.82, 2.24) is 16.0 Å². The molecular formula is C18H33N3O5. The molecule has 0 aromatic carbocycles. The molecule has 8 heteroatoms. The van der Waals surface area contributed by atoms with Crippen molar-refractivity contribution in [2.45, 2.75) is 75.7 Å². The molecular weight excluding hydrogens is 338 g/mol. The van der Waals surface area contributed by atoms with Crippen molar-refractivity contribution in [3.63, 3.8) is 0 Å². The fourth-order valence-electron chi connectivity index (χ4n) is 3.66. The molecule has 1 saturated heterocycles. The third-order valence-electron chi connectivity index (χ3n) is 5.09. The minimum Gasteiger partial charge on any atom is -0.394 e. The quantitative estimate of drug-likeness (QED) is 0.469. The first-order chi connectivity index (χ1) is 12.6. The molecule has 26 heavy (non-hydrogen) atoms. The van der Waals surface area contributed by atoms with E-state index in [1.165, 1.54) is 6.42 Å². The van der Waals surface area contributed by atoms with Crippen LogP contribution in [0.1, 0.15) is 51.4 Å². The van der Waals surface area contributed by atoms with E-state index in [2.05, 4.69) is 16.0 Å². The fourth-order valence-corrected chi connectivity index (χ4v) is 3.66. The second-order valence-corrected chi connectivity index (χ2v) is 7.16. The number of hydrogen-bond donors (Lipinski definition) is 4. The number of methoxy groups -OCH3 is 1. The zero-order chi connectivity index (χ0) is 18.8. The van der Waals surface area contributed by atoms with Gasteiger partial charge in [-0.05, 0) is 25.7 Å². The highest BCUT2D eigenvalue weighted by molar-refractivity contribution is 5.76. The molecule has 0 spiro atoms. The van der Waals surface area contributed by atoms with E-state index in [-0.39, 0.29) is 43.2 Å². The molecule has 1 heterocycles. The predicted molar refractivity (Wildman–Crippen MR) is 96.8 cm³/mol. The number of urea groups is 1. The van der Waals surface area contributed by atoms with E-state index in [1.54, 1.807) is 7.11 Å². The number of aliphatic hydroxyl groups is 1. The molecule has 0 radical (unpaired) electrons. The number of aliphatic hydroxyl groups excluding tert-OH is 1. The van der Waals surface area contributed by atoms with Crippen LogP contribution < -0.4 is 16.0 Å².